The number of aryl methyl sites for hydroxylation is 2. The average molecular weight is 451 g/mol. The Morgan fingerprint density at radius 1 is 0.938 bits per heavy atom. The van der Waals surface area contributed by atoms with Crippen LogP contribution in [0.2, 0.25) is 5.02 Å². The van der Waals surface area contributed by atoms with Crippen molar-refractivity contribution in [2.24, 2.45) is 5.92 Å². The van der Waals surface area contributed by atoms with Crippen molar-refractivity contribution >= 4 is 34.8 Å². The van der Waals surface area contributed by atoms with Crippen LogP contribution in [0.15, 0.2) is 66.7 Å². The molecule has 5 rings (SSSR count). The Kier molecular flexibility index (Phi) is 4.99. The van der Waals surface area contributed by atoms with Crippen LogP contribution in [0.3, 0.4) is 0 Å². The first-order valence-electron chi connectivity index (χ1n) is 10.3. The van der Waals surface area contributed by atoms with Crippen molar-refractivity contribution in [3.63, 3.8) is 0 Å². The third kappa shape index (κ3) is 3.10. The molecule has 32 heavy (non-hydrogen) atoms. The van der Waals surface area contributed by atoms with Crippen LogP contribution in [0.25, 0.3) is 0 Å². The molecule has 0 unspecified atom stereocenters. The fraction of sp³-hybridized carbons (Fsp3) is 0.200. The predicted octanol–water partition coefficient (Wildman–Crippen LogP) is 5.15. The third-order valence-electron chi connectivity index (χ3n) is 6.01. The maximum Gasteiger partial charge on any atom is 0.266 e. The molecule has 2 heterocycles. The van der Waals surface area contributed by atoms with Crippen molar-refractivity contribution in [2.45, 2.75) is 26.0 Å². The fourth-order valence-corrected chi connectivity index (χ4v) is 4.87. The minimum absolute atomic E-state index is 0.133. The molecule has 0 spiro atoms. The zero-order chi connectivity index (χ0) is 22.6. The minimum atomic E-state index is -1.08. The smallest absolute Gasteiger partial charge is 0.266 e. The summed E-state index contributed by atoms with van der Waals surface area (Å²) in [5.41, 5.74) is 3.06. The lowest BCUT2D eigenvalue weighted by atomic mass is 9.90. The van der Waals surface area contributed by atoms with Crippen LogP contribution >= 0.6 is 11.6 Å². The summed E-state index contributed by atoms with van der Waals surface area (Å²) in [6, 6.07) is 18.0. The summed E-state index contributed by atoms with van der Waals surface area (Å²) in [6.07, 6.45) is -1.08. The molecule has 3 aromatic carbocycles. The fourth-order valence-electron chi connectivity index (χ4n) is 4.59. The third-order valence-corrected chi connectivity index (χ3v) is 6.34. The van der Waals surface area contributed by atoms with Crippen LogP contribution in [0.4, 0.5) is 15.8 Å². The van der Waals surface area contributed by atoms with Crippen LogP contribution in [0.5, 0.6) is 0 Å². The van der Waals surface area contributed by atoms with E-state index in [9.17, 15) is 9.59 Å². The average Bonchev–Trinajstić information content (AvgIpc) is 3.26. The van der Waals surface area contributed by atoms with E-state index >= 15 is 4.39 Å². The zero-order valence-electron chi connectivity index (χ0n) is 17.5. The van der Waals surface area contributed by atoms with E-state index in [2.05, 4.69) is 0 Å². The van der Waals surface area contributed by atoms with Crippen LogP contribution in [-0.4, -0.2) is 17.9 Å². The lowest BCUT2D eigenvalue weighted by molar-refractivity contribution is -0.126. The normalized spacial score (nSPS) is 22.6. The van der Waals surface area contributed by atoms with Gasteiger partial charge < -0.3 is 0 Å². The van der Waals surface area contributed by atoms with E-state index in [4.69, 9.17) is 16.4 Å². The number of anilines is 2. The van der Waals surface area contributed by atoms with E-state index in [1.54, 1.807) is 36.4 Å². The van der Waals surface area contributed by atoms with E-state index in [0.29, 0.717) is 11.4 Å². The van der Waals surface area contributed by atoms with Crippen LogP contribution in [0, 0.1) is 25.6 Å². The standard InChI is InChI=1S/C25H20ClFN2O3/c1-14-11-12-19(15(2)13-14)28-24(30)21-22(20-17(26)9-6-10-18(20)27)29(32-23(21)25(28)31)16-7-4-3-5-8-16/h3-13,21-23H,1-2H3/t21-,22+,23+/m1/s1. The molecule has 0 N–H and O–H groups in total. The van der Waals surface area contributed by atoms with Crippen molar-refractivity contribution in [2.75, 3.05) is 9.96 Å². The van der Waals surface area contributed by atoms with Gasteiger partial charge in [0.15, 0.2) is 6.10 Å². The second-order valence-corrected chi connectivity index (χ2v) is 8.50. The molecule has 162 valence electrons. The molecule has 2 amide bonds. The second kappa shape index (κ2) is 7.73. The molecule has 5 nitrogen and oxygen atoms in total. The molecule has 2 aliphatic heterocycles. The lowest BCUT2D eigenvalue weighted by Crippen LogP contribution is -2.38. The molecule has 0 bridgehead atoms. The lowest BCUT2D eigenvalue weighted by Gasteiger charge is -2.29. The summed E-state index contributed by atoms with van der Waals surface area (Å²) < 4.78 is 15.0. The van der Waals surface area contributed by atoms with Gasteiger partial charge in [0.25, 0.3) is 5.91 Å². The minimum Gasteiger partial charge on any atom is -0.273 e. The van der Waals surface area contributed by atoms with Crippen LogP contribution in [0.1, 0.15) is 22.7 Å². The van der Waals surface area contributed by atoms with Gasteiger partial charge in [-0.1, -0.05) is 53.6 Å². The number of carbonyl (C=O) groups excluding carboxylic acids is 2. The Labute approximate surface area is 189 Å². The molecular formula is C25H20ClFN2O3. The first kappa shape index (κ1) is 20.7. The number of halogens is 2. The molecule has 3 atom stereocenters. The number of rotatable bonds is 3. The molecule has 7 heteroatoms. The quantitative estimate of drug-likeness (QED) is 0.518. The SMILES string of the molecule is Cc1ccc(N2C(=O)[C@H]3[C@H](ON(c4ccccc4)[C@H]3c3c(F)cccc3Cl)C2=O)c(C)c1. The maximum atomic E-state index is 15.0. The van der Waals surface area contributed by atoms with Crippen molar-refractivity contribution in [1.29, 1.82) is 0 Å². The Morgan fingerprint density at radius 2 is 1.69 bits per heavy atom. The van der Waals surface area contributed by atoms with E-state index in [-0.39, 0.29) is 10.6 Å². The first-order valence-corrected chi connectivity index (χ1v) is 10.7. The van der Waals surface area contributed by atoms with E-state index in [1.807, 2.05) is 32.0 Å². The van der Waals surface area contributed by atoms with Crippen LogP contribution < -0.4 is 9.96 Å². The van der Waals surface area contributed by atoms with Gasteiger partial charge in [-0.15, -0.1) is 0 Å². The van der Waals surface area contributed by atoms with Gasteiger partial charge in [-0.05, 0) is 49.7 Å². The van der Waals surface area contributed by atoms with Gasteiger partial charge in [0.05, 0.1) is 11.4 Å². The van der Waals surface area contributed by atoms with Gasteiger partial charge >= 0.3 is 0 Å². The number of hydrogen-bond acceptors (Lipinski definition) is 4. The number of para-hydroxylation sites is 1. The molecule has 2 fully saturated rings. The maximum absolute atomic E-state index is 15.0. The monoisotopic (exact) mass is 450 g/mol. The molecule has 0 saturated carbocycles. The van der Waals surface area contributed by atoms with Gasteiger partial charge in [-0.2, -0.15) is 0 Å². The highest BCUT2D eigenvalue weighted by Gasteiger charge is 2.61. The summed E-state index contributed by atoms with van der Waals surface area (Å²) in [4.78, 5) is 34.2. The van der Waals surface area contributed by atoms with Crippen molar-refractivity contribution in [3.05, 3.63) is 94.3 Å². The molecule has 0 aromatic heterocycles. The summed E-state index contributed by atoms with van der Waals surface area (Å²) in [6.45, 7) is 3.79. The molecule has 0 radical (unpaired) electrons. The van der Waals surface area contributed by atoms with Crippen molar-refractivity contribution < 1.29 is 18.8 Å². The van der Waals surface area contributed by atoms with Crippen LogP contribution in [-0.2, 0) is 14.4 Å². The highest BCUT2D eigenvalue weighted by molar-refractivity contribution is 6.31. The summed E-state index contributed by atoms with van der Waals surface area (Å²) in [5, 5.41) is 1.61. The van der Waals surface area contributed by atoms with Gasteiger partial charge in [0.1, 0.15) is 17.8 Å². The Bertz CT molecular complexity index is 1210. The van der Waals surface area contributed by atoms with Gasteiger partial charge in [0, 0.05) is 10.6 Å². The topological polar surface area (TPSA) is 49.9 Å². The van der Waals surface area contributed by atoms with E-state index in [1.165, 1.54) is 17.2 Å². The summed E-state index contributed by atoms with van der Waals surface area (Å²) in [7, 11) is 0. The largest absolute Gasteiger partial charge is 0.273 e. The number of benzene rings is 3. The highest BCUT2D eigenvalue weighted by atomic mass is 35.5. The number of nitrogens with zero attached hydrogens (tertiary/aromatic N) is 2. The number of amides is 2. The summed E-state index contributed by atoms with van der Waals surface area (Å²) in [5.74, 6) is -2.41. The number of imide groups is 1. The first-order chi connectivity index (χ1) is 15.4. The zero-order valence-corrected chi connectivity index (χ0v) is 18.2. The number of fused-ring (bicyclic) bond motifs is 1. The van der Waals surface area contributed by atoms with Gasteiger partial charge in [-0.25, -0.2) is 14.4 Å². The molecule has 3 aromatic rings. The predicted molar refractivity (Wildman–Crippen MR) is 120 cm³/mol. The molecular weight excluding hydrogens is 431 g/mol. The van der Waals surface area contributed by atoms with Crippen molar-refractivity contribution in [1.82, 2.24) is 0 Å². The van der Waals surface area contributed by atoms with Gasteiger partial charge in [0.2, 0.25) is 5.91 Å². The Balaban J connectivity index is 1.64. The van der Waals surface area contributed by atoms with Gasteiger partial charge in [-0.3, -0.25) is 14.4 Å². The Hall–Kier alpha value is -3.22. The van der Waals surface area contributed by atoms with E-state index < -0.39 is 35.7 Å². The summed E-state index contributed by atoms with van der Waals surface area (Å²) >= 11 is 6.40. The number of hydroxylamine groups is 1. The second-order valence-electron chi connectivity index (χ2n) is 8.10. The highest BCUT2D eigenvalue weighted by Crippen LogP contribution is 2.49. The number of carbonyl (C=O) groups is 2. The van der Waals surface area contributed by atoms with Crippen molar-refractivity contribution in [3.8, 4) is 0 Å². The molecule has 2 saturated heterocycles. The van der Waals surface area contributed by atoms with E-state index in [0.717, 1.165) is 16.0 Å². The number of hydrogen-bond donors (Lipinski definition) is 0. The molecule has 2 aliphatic rings. The Morgan fingerprint density at radius 3 is 2.38 bits per heavy atom. The molecule has 0 aliphatic carbocycles.